The lowest BCUT2D eigenvalue weighted by Crippen LogP contribution is -2.24. The summed E-state index contributed by atoms with van der Waals surface area (Å²) in [6, 6.07) is 14.0. The van der Waals surface area contributed by atoms with E-state index in [0.717, 1.165) is 11.1 Å². The Morgan fingerprint density at radius 2 is 2.09 bits per heavy atom. The van der Waals surface area contributed by atoms with E-state index in [2.05, 4.69) is 10.5 Å². The van der Waals surface area contributed by atoms with Gasteiger partial charge < -0.3 is 4.74 Å². The van der Waals surface area contributed by atoms with E-state index in [1.165, 1.54) is 6.21 Å². The second-order valence-electron chi connectivity index (χ2n) is 4.73. The van der Waals surface area contributed by atoms with Gasteiger partial charge in [-0.15, -0.1) is 0 Å². The molecule has 2 aromatic rings. The highest BCUT2D eigenvalue weighted by atomic mass is 35.5. The summed E-state index contributed by atoms with van der Waals surface area (Å²) in [5.74, 6) is 0.195. The minimum Gasteiger partial charge on any atom is -0.484 e. The maximum atomic E-state index is 11.6. The average molecular weight is 328 g/mol. The summed E-state index contributed by atoms with van der Waals surface area (Å²) in [6.45, 7) is 1.71. The van der Waals surface area contributed by atoms with E-state index in [1.54, 1.807) is 42.5 Å². The number of nitriles is 1. The third-order valence-corrected chi connectivity index (χ3v) is 3.37. The zero-order valence-electron chi connectivity index (χ0n) is 12.4. The van der Waals surface area contributed by atoms with Gasteiger partial charge >= 0.3 is 0 Å². The first-order valence-corrected chi connectivity index (χ1v) is 7.17. The monoisotopic (exact) mass is 327 g/mol. The van der Waals surface area contributed by atoms with E-state index in [4.69, 9.17) is 21.6 Å². The van der Waals surface area contributed by atoms with Gasteiger partial charge in [0.2, 0.25) is 0 Å². The van der Waals surface area contributed by atoms with E-state index in [-0.39, 0.29) is 12.5 Å². The molecule has 0 aliphatic carbocycles. The van der Waals surface area contributed by atoms with Crippen molar-refractivity contribution in [3.8, 4) is 11.8 Å². The molecule has 0 heterocycles. The van der Waals surface area contributed by atoms with Crippen LogP contribution in [0.3, 0.4) is 0 Å². The van der Waals surface area contributed by atoms with Crippen molar-refractivity contribution in [2.24, 2.45) is 5.10 Å². The van der Waals surface area contributed by atoms with Crippen molar-refractivity contribution in [2.45, 2.75) is 6.92 Å². The Labute approximate surface area is 139 Å². The first-order valence-electron chi connectivity index (χ1n) is 6.79. The predicted molar refractivity (Wildman–Crippen MR) is 88.6 cm³/mol. The van der Waals surface area contributed by atoms with Gasteiger partial charge in [-0.3, -0.25) is 4.79 Å². The minimum absolute atomic E-state index is 0.147. The van der Waals surface area contributed by atoms with Gasteiger partial charge in [0.05, 0.1) is 17.8 Å². The molecule has 0 fully saturated rings. The van der Waals surface area contributed by atoms with Crippen molar-refractivity contribution in [1.82, 2.24) is 5.43 Å². The van der Waals surface area contributed by atoms with Crippen LogP contribution in [0.4, 0.5) is 0 Å². The van der Waals surface area contributed by atoms with Crippen molar-refractivity contribution in [3.63, 3.8) is 0 Å². The molecule has 0 aromatic heterocycles. The van der Waals surface area contributed by atoms with Crippen LogP contribution in [-0.4, -0.2) is 18.7 Å². The number of halogens is 1. The van der Waals surface area contributed by atoms with Crippen LogP contribution < -0.4 is 10.2 Å². The van der Waals surface area contributed by atoms with Crippen molar-refractivity contribution in [3.05, 3.63) is 64.2 Å². The van der Waals surface area contributed by atoms with Crippen LogP contribution in [-0.2, 0) is 4.79 Å². The molecule has 2 rings (SSSR count). The number of ether oxygens (including phenoxy) is 1. The van der Waals surface area contributed by atoms with Crippen molar-refractivity contribution < 1.29 is 9.53 Å². The lowest BCUT2D eigenvalue weighted by molar-refractivity contribution is -0.123. The van der Waals surface area contributed by atoms with Gasteiger partial charge in [0.1, 0.15) is 5.75 Å². The maximum absolute atomic E-state index is 11.6. The van der Waals surface area contributed by atoms with E-state index in [9.17, 15) is 4.79 Å². The molecule has 0 saturated carbocycles. The standard InChI is InChI=1S/C17H14ClN3O2/c1-12-8-15(6-7-16(12)18)23-11-17(22)21-20-10-14-4-2-13(9-19)3-5-14/h2-8,10H,11H2,1H3,(H,21,22). The summed E-state index contributed by atoms with van der Waals surface area (Å²) in [5, 5.41) is 13.2. The molecule has 1 amide bonds. The van der Waals surface area contributed by atoms with Crippen LogP contribution in [0.25, 0.3) is 0 Å². The van der Waals surface area contributed by atoms with Crippen LogP contribution in [0.15, 0.2) is 47.6 Å². The Kier molecular flexibility index (Phi) is 5.73. The number of aryl methyl sites for hydroxylation is 1. The summed E-state index contributed by atoms with van der Waals surface area (Å²) in [7, 11) is 0. The molecule has 0 radical (unpaired) electrons. The van der Waals surface area contributed by atoms with Gasteiger partial charge in [0, 0.05) is 5.02 Å². The van der Waals surface area contributed by atoms with Crippen molar-refractivity contribution in [1.29, 1.82) is 5.26 Å². The first kappa shape index (κ1) is 16.5. The molecule has 0 saturated heterocycles. The number of carbonyl (C=O) groups excluding carboxylic acids is 1. The molecule has 23 heavy (non-hydrogen) atoms. The van der Waals surface area contributed by atoms with Crippen LogP contribution in [0, 0.1) is 18.3 Å². The molecule has 116 valence electrons. The highest BCUT2D eigenvalue weighted by Gasteiger charge is 2.03. The zero-order chi connectivity index (χ0) is 16.7. The van der Waals surface area contributed by atoms with Crippen LogP contribution in [0.2, 0.25) is 5.02 Å². The highest BCUT2D eigenvalue weighted by Crippen LogP contribution is 2.20. The largest absolute Gasteiger partial charge is 0.484 e. The fourth-order valence-electron chi connectivity index (χ4n) is 1.71. The second kappa shape index (κ2) is 7.97. The van der Waals surface area contributed by atoms with Gasteiger partial charge in [0.15, 0.2) is 6.61 Å². The Balaban J connectivity index is 1.81. The molecular formula is C17H14ClN3O2. The normalized spacial score (nSPS) is 10.3. The molecule has 2 aromatic carbocycles. The molecule has 0 spiro atoms. The molecule has 0 aliphatic rings. The molecule has 5 nitrogen and oxygen atoms in total. The number of amides is 1. The van der Waals surface area contributed by atoms with Crippen LogP contribution in [0.1, 0.15) is 16.7 Å². The number of hydrazone groups is 1. The predicted octanol–water partition coefficient (Wildman–Crippen LogP) is 3.05. The summed E-state index contributed by atoms with van der Waals surface area (Å²) < 4.78 is 5.36. The van der Waals surface area contributed by atoms with Gasteiger partial charge in [-0.05, 0) is 48.4 Å². The summed E-state index contributed by atoms with van der Waals surface area (Å²) in [5.41, 5.74) is 4.59. The van der Waals surface area contributed by atoms with Crippen LogP contribution in [0.5, 0.6) is 5.75 Å². The Morgan fingerprint density at radius 3 is 2.74 bits per heavy atom. The third kappa shape index (κ3) is 5.13. The first-order chi connectivity index (χ1) is 11.1. The Bertz CT molecular complexity index is 764. The van der Waals surface area contributed by atoms with Gasteiger partial charge in [-0.2, -0.15) is 10.4 Å². The fraction of sp³-hybridized carbons (Fsp3) is 0.118. The second-order valence-corrected chi connectivity index (χ2v) is 5.13. The van der Waals surface area contributed by atoms with E-state index in [0.29, 0.717) is 16.3 Å². The van der Waals surface area contributed by atoms with Crippen molar-refractivity contribution >= 4 is 23.7 Å². The van der Waals surface area contributed by atoms with Crippen LogP contribution >= 0.6 is 11.6 Å². The number of hydrogen-bond donors (Lipinski definition) is 1. The number of rotatable bonds is 5. The lowest BCUT2D eigenvalue weighted by atomic mass is 10.2. The van der Waals surface area contributed by atoms with Crippen molar-refractivity contribution in [2.75, 3.05) is 6.61 Å². The smallest absolute Gasteiger partial charge is 0.277 e. The summed E-state index contributed by atoms with van der Waals surface area (Å²) in [6.07, 6.45) is 1.49. The minimum atomic E-state index is -0.373. The number of nitrogens with zero attached hydrogens (tertiary/aromatic N) is 2. The molecule has 0 bridgehead atoms. The number of hydrogen-bond acceptors (Lipinski definition) is 4. The van der Waals surface area contributed by atoms with Gasteiger partial charge in [0.25, 0.3) is 5.91 Å². The number of carbonyl (C=O) groups is 1. The summed E-state index contributed by atoms with van der Waals surface area (Å²) >= 11 is 5.92. The average Bonchev–Trinajstić information content (AvgIpc) is 2.56. The molecular weight excluding hydrogens is 314 g/mol. The summed E-state index contributed by atoms with van der Waals surface area (Å²) in [4.78, 5) is 11.6. The molecule has 0 unspecified atom stereocenters. The molecule has 1 N–H and O–H groups in total. The van der Waals surface area contributed by atoms with Gasteiger partial charge in [-0.25, -0.2) is 5.43 Å². The molecule has 0 aliphatic heterocycles. The third-order valence-electron chi connectivity index (χ3n) is 2.94. The number of benzene rings is 2. The quantitative estimate of drug-likeness (QED) is 0.677. The Hall–Kier alpha value is -2.84. The SMILES string of the molecule is Cc1cc(OCC(=O)NN=Cc2ccc(C#N)cc2)ccc1Cl. The van der Waals surface area contributed by atoms with E-state index in [1.807, 2.05) is 13.0 Å². The fourth-order valence-corrected chi connectivity index (χ4v) is 1.83. The topological polar surface area (TPSA) is 74.5 Å². The van der Waals surface area contributed by atoms with Gasteiger partial charge in [-0.1, -0.05) is 23.7 Å². The molecule has 0 atom stereocenters. The lowest BCUT2D eigenvalue weighted by Gasteiger charge is -2.06. The highest BCUT2D eigenvalue weighted by molar-refractivity contribution is 6.31. The number of nitrogens with one attached hydrogen (secondary N) is 1. The Morgan fingerprint density at radius 1 is 1.35 bits per heavy atom. The maximum Gasteiger partial charge on any atom is 0.277 e. The molecule has 6 heteroatoms. The zero-order valence-corrected chi connectivity index (χ0v) is 13.2. The van der Waals surface area contributed by atoms with E-state index < -0.39 is 0 Å². The van der Waals surface area contributed by atoms with E-state index >= 15 is 0 Å².